The number of carbonyl (C=O) groups is 2. The third-order valence-electron chi connectivity index (χ3n) is 6.35. The van der Waals surface area contributed by atoms with Crippen molar-refractivity contribution in [3.63, 3.8) is 0 Å². The normalized spacial score (nSPS) is 11.1. The van der Waals surface area contributed by atoms with Crippen LogP contribution in [0, 0.1) is 17.0 Å². The molecular weight excluding hydrogens is 530 g/mol. The van der Waals surface area contributed by atoms with Crippen molar-refractivity contribution < 1.29 is 24.0 Å². The Labute approximate surface area is 238 Å². The maximum Gasteiger partial charge on any atom is 0.269 e. The van der Waals surface area contributed by atoms with Crippen LogP contribution in [0.5, 0.6) is 11.5 Å². The highest BCUT2D eigenvalue weighted by Crippen LogP contribution is 2.28. The molecule has 212 valence electrons. The lowest BCUT2D eigenvalue weighted by Crippen LogP contribution is -2.45. The van der Waals surface area contributed by atoms with Crippen LogP contribution in [-0.4, -0.2) is 59.9 Å². The van der Waals surface area contributed by atoms with Crippen LogP contribution in [0.1, 0.15) is 34.7 Å². The van der Waals surface area contributed by atoms with Gasteiger partial charge in [0.2, 0.25) is 11.8 Å². The summed E-state index contributed by atoms with van der Waals surface area (Å²) in [6.45, 7) is 6.59. The van der Waals surface area contributed by atoms with Gasteiger partial charge >= 0.3 is 0 Å². The predicted molar refractivity (Wildman–Crippen MR) is 157 cm³/mol. The zero-order valence-electron chi connectivity index (χ0n) is 23.5. The van der Waals surface area contributed by atoms with Crippen molar-refractivity contribution in [3.05, 3.63) is 91.7 Å². The molecule has 0 spiro atoms. The van der Waals surface area contributed by atoms with Gasteiger partial charge in [-0.25, -0.2) is 0 Å². The Hall–Kier alpha value is -4.18. The smallest absolute Gasteiger partial charge is 0.269 e. The van der Waals surface area contributed by atoms with Gasteiger partial charge < -0.3 is 19.3 Å². The summed E-state index contributed by atoms with van der Waals surface area (Å²) >= 11 is 1.64. The molecule has 3 rings (SSSR count). The van der Waals surface area contributed by atoms with E-state index in [1.54, 1.807) is 48.7 Å². The van der Waals surface area contributed by atoms with Gasteiger partial charge in [0.05, 0.1) is 25.7 Å². The van der Waals surface area contributed by atoms with Gasteiger partial charge in [-0.1, -0.05) is 6.07 Å². The maximum absolute atomic E-state index is 13.6. The predicted octanol–water partition coefficient (Wildman–Crippen LogP) is 5.50. The van der Waals surface area contributed by atoms with Crippen molar-refractivity contribution in [2.75, 3.05) is 27.3 Å². The van der Waals surface area contributed by atoms with Crippen molar-refractivity contribution >= 4 is 34.9 Å². The van der Waals surface area contributed by atoms with Crippen LogP contribution >= 0.6 is 11.3 Å². The number of nitro groups is 1. The molecule has 0 unspecified atom stereocenters. The zero-order chi connectivity index (χ0) is 29.2. The van der Waals surface area contributed by atoms with E-state index in [-0.39, 0.29) is 30.1 Å². The number of ether oxygens (including phenoxy) is 2. The van der Waals surface area contributed by atoms with Crippen LogP contribution < -0.4 is 9.47 Å². The number of rotatable bonds is 13. The Morgan fingerprint density at radius 3 is 2.30 bits per heavy atom. The first kappa shape index (κ1) is 30.4. The quantitative estimate of drug-likeness (QED) is 0.154. The monoisotopic (exact) mass is 565 g/mol. The van der Waals surface area contributed by atoms with Crippen molar-refractivity contribution in [1.29, 1.82) is 0 Å². The van der Waals surface area contributed by atoms with Gasteiger partial charge in [0.1, 0.15) is 6.54 Å². The lowest BCUT2D eigenvalue weighted by atomic mass is 10.1. The first-order valence-corrected chi connectivity index (χ1v) is 13.7. The average molecular weight is 566 g/mol. The summed E-state index contributed by atoms with van der Waals surface area (Å²) < 4.78 is 10.8. The molecule has 9 nitrogen and oxygen atoms in total. The van der Waals surface area contributed by atoms with E-state index in [0.29, 0.717) is 36.6 Å². The number of hydrogen-bond donors (Lipinski definition) is 0. The highest BCUT2D eigenvalue weighted by atomic mass is 32.1. The van der Waals surface area contributed by atoms with E-state index in [4.69, 9.17) is 9.47 Å². The topological polar surface area (TPSA) is 102 Å². The molecule has 0 saturated carbocycles. The summed E-state index contributed by atoms with van der Waals surface area (Å²) in [5.74, 6) is 0.801. The van der Waals surface area contributed by atoms with Gasteiger partial charge in [-0.2, -0.15) is 0 Å². The second-order valence-electron chi connectivity index (χ2n) is 9.51. The fourth-order valence-corrected chi connectivity index (χ4v) is 4.99. The second kappa shape index (κ2) is 14.3. The third-order valence-corrected chi connectivity index (χ3v) is 7.33. The largest absolute Gasteiger partial charge is 0.493 e. The number of nitrogens with zero attached hydrogens (tertiary/aromatic N) is 3. The molecule has 2 aromatic carbocycles. The molecule has 0 radical (unpaired) electrons. The molecular formula is C30H35N3O6S. The minimum absolute atomic E-state index is 0.0213. The number of methoxy groups -OCH3 is 2. The fourth-order valence-electron chi connectivity index (χ4n) is 4.08. The van der Waals surface area contributed by atoms with Crippen molar-refractivity contribution in [3.8, 4) is 11.5 Å². The van der Waals surface area contributed by atoms with Crippen molar-refractivity contribution in [1.82, 2.24) is 9.80 Å². The van der Waals surface area contributed by atoms with Crippen LogP contribution in [0.25, 0.3) is 6.08 Å². The molecule has 2 amide bonds. The number of amides is 2. The van der Waals surface area contributed by atoms with E-state index in [2.05, 4.69) is 0 Å². The molecule has 0 aliphatic heterocycles. The minimum atomic E-state index is -0.473. The lowest BCUT2D eigenvalue weighted by Gasteiger charge is -2.29. The molecule has 0 atom stereocenters. The Balaban J connectivity index is 1.74. The highest BCUT2D eigenvalue weighted by Gasteiger charge is 2.23. The molecule has 0 bridgehead atoms. The molecule has 0 aliphatic rings. The Bertz CT molecular complexity index is 1350. The van der Waals surface area contributed by atoms with Crippen LogP contribution in [0.15, 0.2) is 60.7 Å². The summed E-state index contributed by atoms with van der Waals surface area (Å²) in [4.78, 5) is 42.6. The summed E-state index contributed by atoms with van der Waals surface area (Å²) in [5.41, 5.74) is 1.63. The van der Waals surface area contributed by atoms with Gasteiger partial charge in [0.25, 0.3) is 5.69 Å². The number of non-ortho nitro benzene ring substituents is 1. The molecule has 1 aromatic heterocycles. The van der Waals surface area contributed by atoms with E-state index >= 15 is 0 Å². The average Bonchev–Trinajstić information content (AvgIpc) is 3.36. The first-order chi connectivity index (χ1) is 19.1. The Kier molecular flexibility index (Phi) is 10.8. The summed E-state index contributed by atoms with van der Waals surface area (Å²) in [6, 6.07) is 15.5. The van der Waals surface area contributed by atoms with E-state index in [0.717, 1.165) is 15.3 Å². The Morgan fingerprint density at radius 2 is 1.73 bits per heavy atom. The molecule has 0 N–H and O–H groups in total. The molecule has 0 fully saturated rings. The van der Waals surface area contributed by atoms with Gasteiger partial charge in [0, 0.05) is 40.5 Å². The molecule has 0 saturated heterocycles. The number of aryl methyl sites for hydroxylation is 1. The first-order valence-electron chi connectivity index (χ1n) is 12.9. The molecule has 0 aliphatic carbocycles. The molecule has 10 heteroatoms. The second-order valence-corrected chi connectivity index (χ2v) is 10.9. The number of carbonyl (C=O) groups excluding carboxylic acids is 2. The molecule has 1 heterocycles. The number of thiophene rings is 1. The molecule has 3 aromatic rings. The standard InChI is InChI=1S/C30H35N3O6S/c1-21(2)32(29(34)15-10-23-7-11-25(12-8-23)33(36)37)20-30(35)31(19-26-13-6-22(3)40-26)17-16-24-9-14-27(38-4)28(18-24)39-5/h6-15,18,21H,16-17,19-20H2,1-5H3/b15-10+. The summed E-state index contributed by atoms with van der Waals surface area (Å²) in [5, 5.41) is 10.9. The maximum atomic E-state index is 13.6. The summed E-state index contributed by atoms with van der Waals surface area (Å²) in [6.07, 6.45) is 3.59. The fraction of sp³-hybridized carbons (Fsp3) is 0.333. The van der Waals surface area contributed by atoms with Gasteiger partial charge in [-0.3, -0.25) is 19.7 Å². The lowest BCUT2D eigenvalue weighted by molar-refractivity contribution is -0.384. The number of nitro benzene ring substituents is 1. The summed E-state index contributed by atoms with van der Waals surface area (Å²) in [7, 11) is 3.17. The van der Waals surface area contributed by atoms with Gasteiger partial charge in [0.15, 0.2) is 11.5 Å². The minimum Gasteiger partial charge on any atom is -0.493 e. The third kappa shape index (κ3) is 8.41. The van der Waals surface area contributed by atoms with Gasteiger partial charge in [-0.15, -0.1) is 11.3 Å². The van der Waals surface area contributed by atoms with Crippen LogP contribution in [-0.2, 0) is 22.6 Å². The van der Waals surface area contributed by atoms with Crippen molar-refractivity contribution in [2.24, 2.45) is 0 Å². The van der Waals surface area contributed by atoms with E-state index in [9.17, 15) is 19.7 Å². The van der Waals surface area contributed by atoms with E-state index in [1.807, 2.05) is 51.1 Å². The van der Waals surface area contributed by atoms with Crippen LogP contribution in [0.4, 0.5) is 5.69 Å². The number of benzene rings is 2. The molecule has 40 heavy (non-hydrogen) atoms. The van der Waals surface area contributed by atoms with E-state index in [1.165, 1.54) is 23.1 Å². The SMILES string of the molecule is COc1ccc(CCN(Cc2ccc(C)s2)C(=O)CN(C(=O)/C=C/c2ccc([N+](=O)[O-])cc2)C(C)C)cc1OC. The van der Waals surface area contributed by atoms with E-state index < -0.39 is 4.92 Å². The highest BCUT2D eigenvalue weighted by molar-refractivity contribution is 7.11. The van der Waals surface area contributed by atoms with Crippen molar-refractivity contribution in [2.45, 2.75) is 39.8 Å². The van der Waals surface area contributed by atoms with Gasteiger partial charge in [-0.05, 0) is 80.8 Å². The van der Waals surface area contributed by atoms with Crippen LogP contribution in [0.2, 0.25) is 0 Å². The zero-order valence-corrected chi connectivity index (χ0v) is 24.3. The number of hydrogen-bond acceptors (Lipinski definition) is 7. The Morgan fingerprint density at radius 1 is 1.02 bits per heavy atom. The van der Waals surface area contributed by atoms with Crippen LogP contribution in [0.3, 0.4) is 0 Å².